The summed E-state index contributed by atoms with van der Waals surface area (Å²) in [5.74, 6) is -0.248. The Hall–Kier alpha value is -2.59. The topological polar surface area (TPSA) is 69.7 Å². The molecule has 2 aromatic carbocycles. The molecule has 0 aliphatic carbocycles. The number of alkyl halides is 3. The van der Waals surface area contributed by atoms with Gasteiger partial charge in [-0.1, -0.05) is 30.3 Å². The number of rotatable bonds is 10. The minimum atomic E-state index is -4.58. The maximum atomic E-state index is 13.0. The summed E-state index contributed by atoms with van der Waals surface area (Å²) in [4.78, 5) is 14.7. The van der Waals surface area contributed by atoms with Crippen molar-refractivity contribution in [3.05, 3.63) is 65.2 Å². The Balaban J connectivity index is 1.52. The van der Waals surface area contributed by atoms with Crippen LogP contribution in [-0.2, 0) is 34.1 Å². The van der Waals surface area contributed by atoms with Crippen molar-refractivity contribution in [1.29, 1.82) is 0 Å². The first-order chi connectivity index (χ1) is 16.0. The zero-order valence-corrected chi connectivity index (χ0v) is 20.0. The Morgan fingerprint density at radius 1 is 1.06 bits per heavy atom. The molecule has 3 rings (SSSR count). The van der Waals surface area contributed by atoms with Crippen molar-refractivity contribution >= 4 is 21.6 Å². The molecule has 1 saturated heterocycles. The van der Waals surface area contributed by atoms with Gasteiger partial charge in [-0.05, 0) is 61.7 Å². The van der Waals surface area contributed by atoms with Gasteiger partial charge >= 0.3 is 6.18 Å². The molecule has 0 aromatic heterocycles. The normalized spacial score (nSPS) is 14.8. The SMILES string of the molecule is CS(=O)(=O)N(CCCC(=O)NCc1cccc(CN2CCCC2)c1)c1cccc(C(F)(F)F)c1. The molecule has 1 N–H and O–H groups in total. The van der Waals surface area contributed by atoms with Crippen LogP contribution in [0.5, 0.6) is 0 Å². The number of benzene rings is 2. The lowest BCUT2D eigenvalue weighted by Crippen LogP contribution is -2.32. The van der Waals surface area contributed by atoms with E-state index in [0.717, 1.165) is 47.9 Å². The van der Waals surface area contributed by atoms with Crippen LogP contribution in [0.4, 0.5) is 18.9 Å². The van der Waals surface area contributed by atoms with Gasteiger partial charge in [0.1, 0.15) is 0 Å². The van der Waals surface area contributed by atoms with Crippen molar-refractivity contribution in [2.45, 2.75) is 44.9 Å². The van der Waals surface area contributed by atoms with E-state index >= 15 is 0 Å². The Morgan fingerprint density at radius 3 is 2.41 bits per heavy atom. The molecule has 0 radical (unpaired) electrons. The Labute approximate surface area is 198 Å². The average Bonchev–Trinajstić information content (AvgIpc) is 3.27. The highest BCUT2D eigenvalue weighted by Crippen LogP contribution is 2.32. The standard InChI is InChI=1S/C24H30F3N3O3S/c1-34(32,33)30(22-10-5-9-21(16-22)24(25,26)27)14-6-11-23(31)28-17-19-7-4-8-20(15-19)18-29-12-2-3-13-29/h4-5,7-10,15-16H,2-3,6,11-14,17-18H2,1H3,(H,28,31). The number of halogens is 3. The maximum absolute atomic E-state index is 13.0. The van der Waals surface area contributed by atoms with Gasteiger partial charge < -0.3 is 5.32 Å². The lowest BCUT2D eigenvalue weighted by Gasteiger charge is -2.23. The van der Waals surface area contributed by atoms with Crippen molar-refractivity contribution < 1.29 is 26.4 Å². The maximum Gasteiger partial charge on any atom is 0.416 e. The van der Waals surface area contributed by atoms with Crippen LogP contribution in [0.2, 0.25) is 0 Å². The largest absolute Gasteiger partial charge is 0.416 e. The summed E-state index contributed by atoms with van der Waals surface area (Å²) in [7, 11) is -3.82. The number of nitrogens with one attached hydrogen (secondary N) is 1. The summed E-state index contributed by atoms with van der Waals surface area (Å²) in [6, 6.07) is 12.2. The van der Waals surface area contributed by atoms with Crippen molar-refractivity contribution in [3.8, 4) is 0 Å². The molecule has 1 aliphatic heterocycles. The van der Waals surface area contributed by atoms with Crippen LogP contribution < -0.4 is 9.62 Å². The molecule has 1 aliphatic rings. The van der Waals surface area contributed by atoms with E-state index in [1.165, 1.54) is 30.5 Å². The van der Waals surface area contributed by atoms with E-state index in [-0.39, 0.29) is 31.0 Å². The monoisotopic (exact) mass is 497 g/mol. The lowest BCUT2D eigenvalue weighted by atomic mass is 10.1. The van der Waals surface area contributed by atoms with Crippen molar-refractivity contribution in [2.24, 2.45) is 0 Å². The number of nitrogens with zero attached hydrogens (tertiary/aromatic N) is 2. The number of hydrogen-bond acceptors (Lipinski definition) is 4. The molecular formula is C24H30F3N3O3S. The van der Waals surface area contributed by atoms with Crippen molar-refractivity contribution in [1.82, 2.24) is 10.2 Å². The first-order valence-electron chi connectivity index (χ1n) is 11.2. The van der Waals surface area contributed by atoms with Crippen LogP contribution in [0.3, 0.4) is 0 Å². The fourth-order valence-electron chi connectivity index (χ4n) is 4.03. The number of hydrogen-bond donors (Lipinski definition) is 1. The molecule has 0 unspecified atom stereocenters. The first kappa shape index (κ1) is 26.0. The van der Waals surface area contributed by atoms with Gasteiger partial charge in [0, 0.05) is 26.1 Å². The first-order valence-corrected chi connectivity index (χ1v) is 13.1. The van der Waals surface area contributed by atoms with Gasteiger partial charge in [0.2, 0.25) is 15.9 Å². The van der Waals surface area contributed by atoms with E-state index in [4.69, 9.17) is 0 Å². The molecule has 0 saturated carbocycles. The van der Waals surface area contributed by atoms with Gasteiger partial charge in [-0.2, -0.15) is 13.2 Å². The van der Waals surface area contributed by atoms with Crippen molar-refractivity contribution in [2.75, 3.05) is 30.2 Å². The molecular weight excluding hydrogens is 467 g/mol. The predicted molar refractivity (Wildman–Crippen MR) is 126 cm³/mol. The van der Waals surface area contributed by atoms with Gasteiger partial charge in [-0.25, -0.2) is 8.42 Å². The van der Waals surface area contributed by atoms with Crippen LogP contribution in [0.1, 0.15) is 42.4 Å². The highest BCUT2D eigenvalue weighted by atomic mass is 32.2. The zero-order chi connectivity index (χ0) is 24.8. The minimum Gasteiger partial charge on any atom is -0.352 e. The third-order valence-corrected chi connectivity index (χ3v) is 6.91. The second-order valence-electron chi connectivity index (χ2n) is 8.57. The van der Waals surface area contributed by atoms with Gasteiger partial charge in [0.15, 0.2) is 0 Å². The number of anilines is 1. The quantitative estimate of drug-likeness (QED) is 0.535. The third-order valence-electron chi connectivity index (χ3n) is 5.71. The average molecular weight is 498 g/mol. The Morgan fingerprint density at radius 2 is 1.74 bits per heavy atom. The van der Waals surface area contributed by atoms with E-state index in [0.29, 0.717) is 6.54 Å². The lowest BCUT2D eigenvalue weighted by molar-refractivity contribution is -0.137. The number of sulfonamides is 1. The molecule has 34 heavy (non-hydrogen) atoms. The zero-order valence-electron chi connectivity index (χ0n) is 19.1. The number of carbonyl (C=O) groups is 1. The van der Waals surface area contributed by atoms with E-state index in [9.17, 15) is 26.4 Å². The van der Waals surface area contributed by atoms with E-state index in [1.54, 1.807) is 0 Å². The highest BCUT2D eigenvalue weighted by molar-refractivity contribution is 7.92. The molecule has 0 spiro atoms. The van der Waals surface area contributed by atoms with Crippen LogP contribution >= 0.6 is 0 Å². The summed E-state index contributed by atoms with van der Waals surface area (Å²) < 4.78 is 64.3. The fraction of sp³-hybridized carbons (Fsp3) is 0.458. The summed E-state index contributed by atoms with van der Waals surface area (Å²) in [5.41, 5.74) is 1.17. The smallest absolute Gasteiger partial charge is 0.352 e. The number of carbonyl (C=O) groups excluding carboxylic acids is 1. The van der Waals surface area contributed by atoms with Gasteiger partial charge in [-0.15, -0.1) is 0 Å². The minimum absolute atomic E-state index is 0.0540. The van der Waals surface area contributed by atoms with Gasteiger partial charge in [-0.3, -0.25) is 14.0 Å². The molecule has 186 valence electrons. The van der Waals surface area contributed by atoms with E-state index in [2.05, 4.69) is 22.3 Å². The molecule has 2 aromatic rings. The second kappa shape index (κ2) is 11.2. The third kappa shape index (κ3) is 7.73. The van der Waals surface area contributed by atoms with Crippen LogP contribution in [0, 0.1) is 0 Å². The second-order valence-corrected chi connectivity index (χ2v) is 10.5. The molecule has 1 fully saturated rings. The van der Waals surface area contributed by atoms with Gasteiger partial charge in [0.25, 0.3) is 0 Å². The fourth-order valence-corrected chi connectivity index (χ4v) is 4.99. The van der Waals surface area contributed by atoms with Crippen LogP contribution in [-0.4, -0.2) is 45.1 Å². The molecule has 6 nitrogen and oxygen atoms in total. The molecule has 10 heteroatoms. The molecule has 1 heterocycles. The van der Waals surface area contributed by atoms with E-state index in [1.807, 2.05) is 12.1 Å². The molecule has 1 amide bonds. The molecule has 0 atom stereocenters. The Kier molecular flexibility index (Phi) is 8.59. The predicted octanol–water partition coefficient (Wildman–Crippen LogP) is 4.16. The molecule has 0 bridgehead atoms. The van der Waals surface area contributed by atoms with Crippen LogP contribution in [0.15, 0.2) is 48.5 Å². The van der Waals surface area contributed by atoms with Crippen molar-refractivity contribution in [3.63, 3.8) is 0 Å². The van der Waals surface area contributed by atoms with Gasteiger partial charge in [0.05, 0.1) is 17.5 Å². The number of likely N-dealkylation sites (tertiary alicyclic amines) is 1. The summed E-state index contributed by atoms with van der Waals surface area (Å²) in [6.07, 6.45) is -0.976. The summed E-state index contributed by atoms with van der Waals surface area (Å²) in [5, 5.41) is 2.83. The summed E-state index contributed by atoms with van der Waals surface area (Å²) in [6.45, 7) is 3.35. The Bertz CT molecular complexity index is 1080. The highest BCUT2D eigenvalue weighted by Gasteiger charge is 2.31. The summed E-state index contributed by atoms with van der Waals surface area (Å²) >= 11 is 0. The van der Waals surface area contributed by atoms with Crippen LogP contribution in [0.25, 0.3) is 0 Å². The van der Waals surface area contributed by atoms with E-state index < -0.39 is 21.8 Å². The number of amides is 1.